The van der Waals surface area contributed by atoms with Gasteiger partial charge in [0.25, 0.3) is 0 Å². The lowest BCUT2D eigenvalue weighted by molar-refractivity contribution is 0.0600. The van der Waals surface area contributed by atoms with Crippen LogP contribution in [0.3, 0.4) is 0 Å². The van der Waals surface area contributed by atoms with Crippen LogP contribution in [0.15, 0.2) is 53.5 Å². The van der Waals surface area contributed by atoms with Crippen molar-refractivity contribution < 1.29 is 9.53 Å². The van der Waals surface area contributed by atoms with Crippen LogP contribution < -0.4 is 10.6 Å². The fourth-order valence-corrected chi connectivity index (χ4v) is 3.30. The first-order valence-corrected chi connectivity index (χ1v) is 10.2. The Morgan fingerprint density at radius 3 is 2.58 bits per heavy atom. The second-order valence-electron chi connectivity index (χ2n) is 6.96. The Labute approximate surface area is 200 Å². The van der Waals surface area contributed by atoms with Crippen molar-refractivity contribution in [1.82, 2.24) is 20.2 Å². The van der Waals surface area contributed by atoms with E-state index in [9.17, 15) is 4.79 Å². The molecule has 2 N–H and O–H groups in total. The van der Waals surface area contributed by atoms with Gasteiger partial charge in [0, 0.05) is 19.6 Å². The highest BCUT2D eigenvalue weighted by atomic mass is 127. The van der Waals surface area contributed by atoms with Gasteiger partial charge in [-0.1, -0.05) is 24.3 Å². The molecule has 0 bridgehead atoms. The molecular weight excluding hydrogens is 505 g/mol. The maximum Gasteiger partial charge on any atom is 0.337 e. The maximum atomic E-state index is 11.5. The molecule has 0 spiro atoms. The number of hydrogen-bond acceptors (Lipinski definition) is 4. The van der Waals surface area contributed by atoms with E-state index in [0.717, 1.165) is 48.9 Å². The number of esters is 1. The summed E-state index contributed by atoms with van der Waals surface area (Å²) >= 11 is 0. The standard InChI is InChI=1S/C23H29N5O2.HI/c1-4-24-23(26-16-18-10-12-19(13-11-18)22(29)30-3)25-14-7-15-28-17(2)27-20-8-5-6-9-21(20)28;/h5-6,8-13H,4,7,14-16H2,1-3H3,(H2,24,25,26);1H. The van der Waals surface area contributed by atoms with Crippen molar-refractivity contribution in [2.75, 3.05) is 20.2 Å². The fraction of sp³-hybridized carbons (Fsp3) is 0.348. The molecule has 0 unspecified atom stereocenters. The largest absolute Gasteiger partial charge is 0.465 e. The molecule has 3 aromatic rings. The number of imidazole rings is 1. The first-order valence-electron chi connectivity index (χ1n) is 10.2. The number of para-hydroxylation sites is 2. The molecule has 31 heavy (non-hydrogen) atoms. The first-order chi connectivity index (χ1) is 14.6. The minimum atomic E-state index is -0.332. The number of rotatable bonds is 8. The van der Waals surface area contributed by atoms with E-state index in [4.69, 9.17) is 4.74 Å². The summed E-state index contributed by atoms with van der Waals surface area (Å²) in [6.07, 6.45) is 0.958. The maximum absolute atomic E-state index is 11.5. The second-order valence-corrected chi connectivity index (χ2v) is 6.96. The molecule has 0 aliphatic heterocycles. The highest BCUT2D eigenvalue weighted by Crippen LogP contribution is 2.15. The molecule has 0 saturated carbocycles. The molecule has 0 aliphatic rings. The van der Waals surface area contributed by atoms with Gasteiger partial charge in [-0.05, 0) is 50.1 Å². The molecule has 2 aromatic carbocycles. The molecule has 8 heteroatoms. The number of aliphatic imine (C=N–C) groups is 1. The van der Waals surface area contributed by atoms with E-state index < -0.39 is 0 Å². The Morgan fingerprint density at radius 1 is 1.13 bits per heavy atom. The summed E-state index contributed by atoms with van der Waals surface area (Å²) in [4.78, 5) is 20.8. The average Bonchev–Trinajstić information content (AvgIpc) is 3.09. The molecule has 0 radical (unpaired) electrons. The molecule has 1 aromatic heterocycles. The quantitative estimate of drug-likeness (QED) is 0.151. The Hall–Kier alpha value is -2.62. The predicted octanol–water partition coefficient (Wildman–Crippen LogP) is 3.89. The number of aryl methyl sites for hydroxylation is 2. The molecule has 0 aliphatic carbocycles. The van der Waals surface area contributed by atoms with Gasteiger partial charge in [0.2, 0.25) is 0 Å². The number of nitrogens with one attached hydrogen (secondary N) is 2. The van der Waals surface area contributed by atoms with Gasteiger partial charge in [0.05, 0.1) is 30.3 Å². The van der Waals surface area contributed by atoms with Crippen LogP contribution in [0, 0.1) is 6.92 Å². The summed E-state index contributed by atoms with van der Waals surface area (Å²) in [6, 6.07) is 15.5. The Bertz CT molecular complexity index is 1010. The number of halogens is 1. The van der Waals surface area contributed by atoms with E-state index in [2.05, 4.69) is 31.2 Å². The highest BCUT2D eigenvalue weighted by molar-refractivity contribution is 14.0. The number of fused-ring (bicyclic) bond motifs is 1. The lowest BCUT2D eigenvalue weighted by atomic mass is 10.1. The second kappa shape index (κ2) is 12.3. The van der Waals surface area contributed by atoms with Gasteiger partial charge in [0.1, 0.15) is 5.82 Å². The van der Waals surface area contributed by atoms with E-state index in [1.807, 2.05) is 44.2 Å². The zero-order chi connectivity index (χ0) is 21.3. The van der Waals surface area contributed by atoms with E-state index in [0.29, 0.717) is 12.1 Å². The van der Waals surface area contributed by atoms with Crippen molar-refractivity contribution in [2.45, 2.75) is 33.4 Å². The number of carbonyl (C=O) groups is 1. The van der Waals surface area contributed by atoms with Crippen LogP contribution in [0.5, 0.6) is 0 Å². The SMILES string of the molecule is CCNC(=NCc1ccc(C(=O)OC)cc1)NCCCn1c(C)nc2ccccc21.I. The van der Waals surface area contributed by atoms with Crippen LogP contribution in [0.2, 0.25) is 0 Å². The molecule has 0 saturated heterocycles. The minimum Gasteiger partial charge on any atom is -0.465 e. The number of methoxy groups -OCH3 is 1. The molecule has 1 heterocycles. The molecule has 0 fully saturated rings. The Balaban J connectivity index is 0.00000341. The molecule has 0 atom stereocenters. The van der Waals surface area contributed by atoms with Gasteiger partial charge in [-0.25, -0.2) is 14.8 Å². The Morgan fingerprint density at radius 2 is 1.87 bits per heavy atom. The third-order valence-electron chi connectivity index (χ3n) is 4.84. The third-order valence-corrected chi connectivity index (χ3v) is 4.84. The summed E-state index contributed by atoms with van der Waals surface area (Å²) in [5.41, 5.74) is 3.78. The monoisotopic (exact) mass is 535 g/mol. The molecular formula is C23H30IN5O2. The van der Waals surface area contributed by atoms with Crippen molar-refractivity contribution in [3.8, 4) is 0 Å². The van der Waals surface area contributed by atoms with Crippen molar-refractivity contribution >= 4 is 46.9 Å². The van der Waals surface area contributed by atoms with E-state index in [1.165, 1.54) is 12.6 Å². The van der Waals surface area contributed by atoms with Crippen molar-refractivity contribution in [3.63, 3.8) is 0 Å². The number of nitrogens with zero attached hydrogens (tertiary/aromatic N) is 3. The average molecular weight is 535 g/mol. The summed E-state index contributed by atoms with van der Waals surface area (Å²) in [5, 5.41) is 6.66. The van der Waals surface area contributed by atoms with Gasteiger partial charge in [-0.2, -0.15) is 0 Å². The van der Waals surface area contributed by atoms with E-state index >= 15 is 0 Å². The topological polar surface area (TPSA) is 80.5 Å². The number of ether oxygens (including phenoxy) is 1. The summed E-state index contributed by atoms with van der Waals surface area (Å²) in [5.74, 6) is 1.48. The smallest absolute Gasteiger partial charge is 0.337 e. The van der Waals surface area contributed by atoms with Gasteiger partial charge < -0.3 is 19.9 Å². The fourth-order valence-electron chi connectivity index (χ4n) is 3.30. The third kappa shape index (κ3) is 6.68. The van der Waals surface area contributed by atoms with Crippen molar-refractivity contribution in [1.29, 1.82) is 0 Å². The number of carbonyl (C=O) groups excluding carboxylic acids is 1. The van der Waals surface area contributed by atoms with E-state index in [-0.39, 0.29) is 29.9 Å². The van der Waals surface area contributed by atoms with Crippen LogP contribution in [-0.4, -0.2) is 41.7 Å². The van der Waals surface area contributed by atoms with Gasteiger partial charge in [0.15, 0.2) is 5.96 Å². The van der Waals surface area contributed by atoms with Gasteiger partial charge in [-0.3, -0.25) is 0 Å². The molecule has 3 rings (SSSR count). The van der Waals surface area contributed by atoms with Crippen LogP contribution in [-0.2, 0) is 17.8 Å². The predicted molar refractivity (Wildman–Crippen MR) is 135 cm³/mol. The van der Waals surface area contributed by atoms with Gasteiger partial charge >= 0.3 is 5.97 Å². The lowest BCUT2D eigenvalue weighted by Gasteiger charge is -2.12. The highest BCUT2D eigenvalue weighted by Gasteiger charge is 2.07. The number of guanidine groups is 1. The number of hydrogen-bond donors (Lipinski definition) is 2. The summed E-state index contributed by atoms with van der Waals surface area (Å²) in [6.45, 7) is 7.11. The van der Waals surface area contributed by atoms with Crippen LogP contribution in [0.25, 0.3) is 11.0 Å². The molecule has 0 amide bonds. The first kappa shape index (κ1) is 24.6. The van der Waals surface area contributed by atoms with Crippen LogP contribution in [0.1, 0.15) is 35.1 Å². The zero-order valence-electron chi connectivity index (χ0n) is 18.2. The minimum absolute atomic E-state index is 0. The van der Waals surface area contributed by atoms with Gasteiger partial charge in [-0.15, -0.1) is 24.0 Å². The molecule has 7 nitrogen and oxygen atoms in total. The summed E-state index contributed by atoms with van der Waals surface area (Å²) < 4.78 is 6.98. The number of benzene rings is 2. The number of aromatic nitrogens is 2. The molecule has 166 valence electrons. The van der Waals surface area contributed by atoms with Crippen LogP contribution in [0.4, 0.5) is 0 Å². The zero-order valence-corrected chi connectivity index (χ0v) is 20.6. The van der Waals surface area contributed by atoms with Crippen molar-refractivity contribution in [2.24, 2.45) is 4.99 Å². The van der Waals surface area contributed by atoms with Crippen molar-refractivity contribution in [3.05, 3.63) is 65.5 Å². The summed E-state index contributed by atoms with van der Waals surface area (Å²) in [7, 11) is 1.38. The van der Waals surface area contributed by atoms with Crippen LogP contribution >= 0.6 is 24.0 Å². The lowest BCUT2D eigenvalue weighted by Crippen LogP contribution is -2.38. The Kier molecular flexibility index (Phi) is 9.77. The van der Waals surface area contributed by atoms with E-state index in [1.54, 1.807) is 12.1 Å². The normalized spacial score (nSPS) is 11.1.